The summed E-state index contributed by atoms with van der Waals surface area (Å²) in [7, 11) is 0. The number of Topliss-reactive ketones (excluding diaryl/α,β-unsaturated/α-hetero) is 1. The van der Waals surface area contributed by atoms with Crippen LogP contribution >= 0.6 is 0 Å². The maximum atomic E-state index is 12.4. The maximum Gasteiger partial charge on any atom is 0.273 e. The second-order valence-corrected chi connectivity index (χ2v) is 4.47. The second kappa shape index (κ2) is 5.92. The Morgan fingerprint density at radius 2 is 2.00 bits per heavy atom. The molecule has 6 nitrogen and oxygen atoms in total. The van der Waals surface area contributed by atoms with Crippen molar-refractivity contribution < 1.29 is 9.72 Å². The number of nitro groups is 1. The van der Waals surface area contributed by atoms with Crippen LogP contribution < -0.4 is 0 Å². The molecule has 21 heavy (non-hydrogen) atoms. The third-order valence-electron chi connectivity index (χ3n) is 3.12. The smallest absolute Gasteiger partial charge is 0.273 e. The van der Waals surface area contributed by atoms with Crippen LogP contribution in [0.1, 0.15) is 27.4 Å². The highest BCUT2D eigenvalue weighted by atomic mass is 16.6. The number of hydrogen-bond acceptors (Lipinski definition) is 5. The number of rotatable bonds is 4. The molecule has 0 radical (unpaired) electrons. The van der Waals surface area contributed by atoms with Gasteiger partial charge in [0.25, 0.3) is 5.69 Å². The molecule has 0 spiro atoms. The molecule has 104 valence electrons. The molecule has 1 aromatic heterocycles. The number of aromatic nitrogens is 1. The number of nitro benzene ring substituents is 1. The van der Waals surface area contributed by atoms with Crippen LogP contribution in [-0.2, 0) is 0 Å². The minimum atomic E-state index is -1.00. The van der Waals surface area contributed by atoms with Crippen molar-refractivity contribution in [3.8, 4) is 6.07 Å². The summed E-state index contributed by atoms with van der Waals surface area (Å²) in [6.07, 6.45) is 2.98. The molecule has 2 rings (SSSR count). The van der Waals surface area contributed by atoms with E-state index in [9.17, 15) is 20.2 Å². The van der Waals surface area contributed by atoms with Gasteiger partial charge in [0, 0.05) is 29.6 Å². The van der Waals surface area contributed by atoms with Gasteiger partial charge in [0.05, 0.1) is 11.0 Å². The van der Waals surface area contributed by atoms with Gasteiger partial charge in [-0.15, -0.1) is 0 Å². The van der Waals surface area contributed by atoms with Crippen molar-refractivity contribution in [2.24, 2.45) is 0 Å². The lowest BCUT2D eigenvalue weighted by atomic mass is 9.92. The van der Waals surface area contributed by atoms with Crippen molar-refractivity contribution in [1.82, 2.24) is 4.98 Å². The van der Waals surface area contributed by atoms with E-state index in [4.69, 9.17) is 0 Å². The molecule has 0 saturated carbocycles. The zero-order valence-electron chi connectivity index (χ0n) is 11.2. The van der Waals surface area contributed by atoms with Gasteiger partial charge in [-0.25, -0.2) is 0 Å². The summed E-state index contributed by atoms with van der Waals surface area (Å²) >= 11 is 0. The van der Waals surface area contributed by atoms with E-state index in [0.29, 0.717) is 11.1 Å². The molecule has 0 aliphatic heterocycles. The average molecular weight is 281 g/mol. The zero-order chi connectivity index (χ0) is 15.4. The summed E-state index contributed by atoms with van der Waals surface area (Å²) in [6, 6.07) is 9.30. The summed E-state index contributed by atoms with van der Waals surface area (Å²) in [4.78, 5) is 26.6. The Bertz CT molecular complexity index is 736. The summed E-state index contributed by atoms with van der Waals surface area (Å²) in [5, 5.41) is 20.1. The van der Waals surface area contributed by atoms with Gasteiger partial charge in [-0.05, 0) is 24.6 Å². The first-order valence-corrected chi connectivity index (χ1v) is 6.13. The van der Waals surface area contributed by atoms with Crippen molar-refractivity contribution in [3.63, 3.8) is 0 Å². The molecular weight excluding hydrogens is 270 g/mol. The van der Waals surface area contributed by atoms with Gasteiger partial charge < -0.3 is 0 Å². The van der Waals surface area contributed by atoms with Crippen molar-refractivity contribution in [2.45, 2.75) is 12.8 Å². The van der Waals surface area contributed by atoms with E-state index >= 15 is 0 Å². The van der Waals surface area contributed by atoms with Crippen molar-refractivity contribution in [2.75, 3.05) is 0 Å². The highest BCUT2D eigenvalue weighted by Gasteiger charge is 2.24. The molecule has 0 aliphatic carbocycles. The number of ketones is 1. The number of nitrogens with zero attached hydrogens (tertiary/aromatic N) is 3. The van der Waals surface area contributed by atoms with Crippen LogP contribution in [-0.4, -0.2) is 15.7 Å². The molecule has 1 aromatic carbocycles. The van der Waals surface area contributed by atoms with E-state index in [1.54, 1.807) is 19.1 Å². The van der Waals surface area contributed by atoms with Gasteiger partial charge >= 0.3 is 0 Å². The van der Waals surface area contributed by atoms with Crippen LogP contribution in [0, 0.1) is 28.4 Å². The molecular formula is C15H11N3O3. The lowest BCUT2D eigenvalue weighted by Gasteiger charge is -2.08. The molecule has 2 aromatic rings. The second-order valence-electron chi connectivity index (χ2n) is 4.47. The Morgan fingerprint density at radius 3 is 2.57 bits per heavy atom. The number of aryl methyl sites for hydroxylation is 1. The van der Waals surface area contributed by atoms with Crippen molar-refractivity contribution >= 4 is 11.5 Å². The molecule has 0 N–H and O–H groups in total. The standard InChI is InChI=1S/C15H11N3O3/c1-10-2-3-12(8-14(10)18(20)21)15(19)13(9-16)11-4-6-17-7-5-11/h2-8,13H,1H3. The summed E-state index contributed by atoms with van der Waals surface area (Å²) < 4.78 is 0. The Morgan fingerprint density at radius 1 is 1.33 bits per heavy atom. The summed E-state index contributed by atoms with van der Waals surface area (Å²) in [5.74, 6) is -1.47. The summed E-state index contributed by atoms with van der Waals surface area (Å²) in [6.45, 7) is 1.59. The number of hydrogen-bond donors (Lipinski definition) is 0. The molecule has 0 amide bonds. The Balaban J connectivity index is 2.42. The van der Waals surface area contributed by atoms with Crippen molar-refractivity contribution in [3.05, 3.63) is 69.5 Å². The third-order valence-corrected chi connectivity index (χ3v) is 3.12. The predicted molar refractivity (Wildman–Crippen MR) is 74.8 cm³/mol. The van der Waals surface area contributed by atoms with Gasteiger partial charge in [-0.1, -0.05) is 12.1 Å². The van der Waals surface area contributed by atoms with Gasteiger partial charge in [0.2, 0.25) is 0 Å². The molecule has 0 bridgehead atoms. The normalized spacial score (nSPS) is 11.4. The van der Waals surface area contributed by atoms with Gasteiger partial charge in [-0.3, -0.25) is 19.9 Å². The first-order valence-electron chi connectivity index (χ1n) is 6.13. The molecule has 1 unspecified atom stereocenters. The lowest BCUT2D eigenvalue weighted by molar-refractivity contribution is -0.385. The van der Waals surface area contributed by atoms with Gasteiger partial charge in [0.1, 0.15) is 5.92 Å². The van der Waals surface area contributed by atoms with Crippen LogP contribution in [0.3, 0.4) is 0 Å². The Labute approximate surface area is 120 Å². The van der Waals surface area contributed by atoms with Crippen LogP contribution in [0.5, 0.6) is 0 Å². The van der Waals surface area contributed by atoms with E-state index in [1.807, 2.05) is 6.07 Å². The molecule has 1 atom stereocenters. The van der Waals surface area contributed by atoms with E-state index in [1.165, 1.54) is 30.6 Å². The minimum absolute atomic E-state index is 0.132. The molecule has 0 fully saturated rings. The first kappa shape index (κ1) is 14.3. The van der Waals surface area contributed by atoms with E-state index in [0.717, 1.165) is 0 Å². The Hall–Kier alpha value is -3.07. The quantitative estimate of drug-likeness (QED) is 0.487. The average Bonchev–Trinajstić information content (AvgIpc) is 2.49. The fourth-order valence-electron chi connectivity index (χ4n) is 1.97. The van der Waals surface area contributed by atoms with Crippen LogP contribution in [0.4, 0.5) is 5.69 Å². The largest absolute Gasteiger partial charge is 0.292 e. The van der Waals surface area contributed by atoms with Gasteiger partial charge in [-0.2, -0.15) is 5.26 Å². The molecule has 0 aliphatic rings. The topological polar surface area (TPSA) is 96.9 Å². The van der Waals surface area contributed by atoms with E-state index in [-0.39, 0.29) is 11.3 Å². The van der Waals surface area contributed by atoms with Crippen LogP contribution in [0.15, 0.2) is 42.7 Å². The monoisotopic (exact) mass is 281 g/mol. The van der Waals surface area contributed by atoms with E-state index in [2.05, 4.69) is 4.98 Å². The number of carbonyl (C=O) groups excluding carboxylic acids is 1. The minimum Gasteiger partial charge on any atom is -0.292 e. The van der Waals surface area contributed by atoms with Gasteiger partial charge in [0.15, 0.2) is 5.78 Å². The zero-order valence-corrected chi connectivity index (χ0v) is 11.2. The molecule has 0 saturated heterocycles. The Kier molecular flexibility index (Phi) is 4.05. The van der Waals surface area contributed by atoms with Crippen molar-refractivity contribution in [1.29, 1.82) is 5.26 Å². The predicted octanol–water partition coefficient (Wildman–Crippen LogP) is 2.79. The fourth-order valence-corrected chi connectivity index (χ4v) is 1.97. The SMILES string of the molecule is Cc1ccc(C(=O)C(C#N)c2ccncc2)cc1[N+](=O)[O-]. The highest BCUT2D eigenvalue weighted by Crippen LogP contribution is 2.24. The lowest BCUT2D eigenvalue weighted by Crippen LogP contribution is -2.12. The number of nitriles is 1. The number of benzene rings is 1. The summed E-state index contributed by atoms with van der Waals surface area (Å²) in [5.41, 5.74) is 0.998. The highest BCUT2D eigenvalue weighted by molar-refractivity contribution is 6.03. The van der Waals surface area contributed by atoms with E-state index < -0.39 is 16.6 Å². The number of carbonyl (C=O) groups is 1. The molecule has 1 heterocycles. The van der Waals surface area contributed by atoms with Crippen LogP contribution in [0.25, 0.3) is 0 Å². The van der Waals surface area contributed by atoms with Crippen LogP contribution in [0.2, 0.25) is 0 Å². The third kappa shape index (κ3) is 2.92. The molecule has 6 heteroatoms. The maximum absolute atomic E-state index is 12.4. The first-order chi connectivity index (χ1) is 10.0. The number of pyridine rings is 1. The fraction of sp³-hybridized carbons (Fsp3) is 0.133.